The van der Waals surface area contributed by atoms with Crippen molar-refractivity contribution in [3.05, 3.63) is 65.6 Å². The summed E-state index contributed by atoms with van der Waals surface area (Å²) in [5.41, 5.74) is 2.12. The molecule has 21 heavy (non-hydrogen) atoms. The van der Waals surface area contributed by atoms with E-state index in [1.165, 1.54) is 0 Å². The van der Waals surface area contributed by atoms with Gasteiger partial charge >= 0.3 is 0 Å². The molecule has 1 aromatic carbocycles. The largest absolute Gasteiger partial charge is 0.374 e. The van der Waals surface area contributed by atoms with Gasteiger partial charge in [-0.05, 0) is 24.3 Å². The van der Waals surface area contributed by atoms with Gasteiger partial charge in [0.25, 0.3) is 0 Å². The molecule has 1 aromatic heterocycles. The summed E-state index contributed by atoms with van der Waals surface area (Å²) in [6.07, 6.45) is 10.1. The van der Waals surface area contributed by atoms with E-state index in [9.17, 15) is 0 Å². The van der Waals surface area contributed by atoms with Crippen LogP contribution in [0.3, 0.4) is 0 Å². The molecule has 0 fully saturated rings. The summed E-state index contributed by atoms with van der Waals surface area (Å²) in [5.74, 6) is 0.303. The summed E-state index contributed by atoms with van der Waals surface area (Å²) in [5, 5.41) is 5.23. The van der Waals surface area contributed by atoms with Crippen molar-refractivity contribution in [1.29, 1.82) is 0 Å². The number of rotatable bonds is 2. The number of hydrogen-bond acceptors (Lipinski definition) is 4. The maximum absolute atomic E-state index is 5.93. The van der Waals surface area contributed by atoms with Crippen LogP contribution in [0.25, 0.3) is 0 Å². The second-order valence-corrected chi connectivity index (χ2v) is 6.46. The van der Waals surface area contributed by atoms with Crippen molar-refractivity contribution in [2.24, 2.45) is 0 Å². The highest BCUT2D eigenvalue weighted by Crippen LogP contribution is 2.43. The van der Waals surface area contributed by atoms with Gasteiger partial charge in [-0.15, -0.1) is 0 Å². The minimum Gasteiger partial charge on any atom is -0.374 e. The number of allylic oxidation sites excluding steroid dienone is 2. The van der Waals surface area contributed by atoms with E-state index in [2.05, 4.69) is 39.6 Å². The fourth-order valence-electron chi connectivity index (χ4n) is 2.64. The lowest BCUT2D eigenvalue weighted by Gasteiger charge is -2.14. The van der Waals surface area contributed by atoms with Gasteiger partial charge in [0.15, 0.2) is 0 Å². The number of fused-ring (bicyclic) bond motifs is 3. The van der Waals surface area contributed by atoms with Crippen LogP contribution in [-0.2, 0) is 0 Å². The molecular formula is C16H12ClN3S. The molecule has 104 valence electrons. The van der Waals surface area contributed by atoms with Crippen LogP contribution in [0.4, 0.5) is 5.69 Å². The smallest absolute Gasteiger partial charge is 0.128 e. The second kappa shape index (κ2) is 5.20. The quantitative estimate of drug-likeness (QED) is 0.840. The predicted octanol–water partition coefficient (Wildman–Crippen LogP) is 4.28. The van der Waals surface area contributed by atoms with Crippen LogP contribution in [0, 0.1) is 0 Å². The Balaban J connectivity index is 1.69. The highest BCUT2D eigenvalue weighted by Gasteiger charge is 2.33. The van der Waals surface area contributed by atoms with E-state index < -0.39 is 0 Å². The van der Waals surface area contributed by atoms with Crippen LogP contribution < -0.4 is 5.32 Å². The maximum Gasteiger partial charge on any atom is 0.128 e. The zero-order chi connectivity index (χ0) is 14.2. The number of nitrogens with one attached hydrogen (secondary N) is 1. The summed E-state index contributed by atoms with van der Waals surface area (Å²) in [6, 6.07) is 8.08. The monoisotopic (exact) mass is 313 g/mol. The van der Waals surface area contributed by atoms with Crippen molar-refractivity contribution in [1.82, 2.24) is 9.97 Å². The van der Waals surface area contributed by atoms with Gasteiger partial charge in [-0.2, -0.15) is 0 Å². The third-order valence-corrected chi connectivity index (χ3v) is 4.89. The van der Waals surface area contributed by atoms with Gasteiger partial charge in [0.1, 0.15) is 11.4 Å². The lowest BCUT2D eigenvalue weighted by Crippen LogP contribution is -2.17. The number of benzene rings is 1. The van der Waals surface area contributed by atoms with Gasteiger partial charge in [-0.25, -0.2) is 9.97 Å². The first-order chi connectivity index (χ1) is 10.3. The maximum atomic E-state index is 5.93. The third kappa shape index (κ3) is 2.34. The topological polar surface area (TPSA) is 37.8 Å². The SMILES string of the molecule is Clc1ccc(Sc2ncnc3c2NC2C=CC=CC32)cc1. The van der Waals surface area contributed by atoms with E-state index in [0.29, 0.717) is 5.92 Å². The van der Waals surface area contributed by atoms with E-state index in [-0.39, 0.29) is 6.04 Å². The Bertz CT molecular complexity index is 740. The molecular weight excluding hydrogens is 302 g/mol. The molecule has 4 rings (SSSR count). The van der Waals surface area contributed by atoms with Crippen LogP contribution in [0.2, 0.25) is 5.02 Å². The van der Waals surface area contributed by atoms with Crippen molar-refractivity contribution in [2.45, 2.75) is 21.9 Å². The number of anilines is 1. The van der Waals surface area contributed by atoms with Crippen LogP contribution >= 0.6 is 23.4 Å². The molecule has 0 radical (unpaired) electrons. The number of aromatic nitrogens is 2. The molecule has 0 saturated heterocycles. The molecule has 5 heteroatoms. The Hall–Kier alpha value is -1.78. The molecule has 1 N–H and O–H groups in total. The third-order valence-electron chi connectivity index (χ3n) is 3.63. The highest BCUT2D eigenvalue weighted by atomic mass is 35.5. The molecule has 0 amide bonds. The minimum atomic E-state index is 0.284. The molecule has 1 aliphatic carbocycles. The summed E-state index contributed by atoms with van der Waals surface area (Å²) >= 11 is 7.56. The molecule has 0 spiro atoms. The van der Waals surface area contributed by atoms with E-state index >= 15 is 0 Å². The average molecular weight is 314 g/mol. The van der Waals surface area contributed by atoms with Crippen LogP contribution in [0.1, 0.15) is 11.6 Å². The van der Waals surface area contributed by atoms with Gasteiger partial charge in [-0.3, -0.25) is 0 Å². The van der Waals surface area contributed by atoms with Crippen LogP contribution in [0.15, 0.2) is 64.8 Å². The Labute approximate surface area is 132 Å². The van der Waals surface area contributed by atoms with E-state index in [1.54, 1.807) is 18.1 Å². The zero-order valence-electron chi connectivity index (χ0n) is 11.0. The summed E-state index contributed by atoms with van der Waals surface area (Å²) in [7, 11) is 0. The van der Waals surface area contributed by atoms with Crippen molar-refractivity contribution < 1.29 is 0 Å². The first-order valence-corrected chi connectivity index (χ1v) is 7.90. The molecule has 2 aliphatic rings. The van der Waals surface area contributed by atoms with Gasteiger partial charge in [0, 0.05) is 15.8 Å². The molecule has 2 atom stereocenters. The lowest BCUT2D eigenvalue weighted by atomic mass is 9.95. The first kappa shape index (κ1) is 12.9. The minimum absolute atomic E-state index is 0.284. The summed E-state index contributed by atoms with van der Waals surface area (Å²) < 4.78 is 0. The molecule has 2 unspecified atom stereocenters. The standard InChI is InChI=1S/C16H12ClN3S/c17-10-5-7-11(8-6-10)21-16-15-14(18-9-19-16)12-3-1-2-4-13(12)20-15/h1-9,12-13,20H. The molecule has 3 nitrogen and oxygen atoms in total. The normalized spacial score (nSPS) is 21.8. The van der Waals surface area contributed by atoms with Crippen LogP contribution in [0.5, 0.6) is 0 Å². The Morgan fingerprint density at radius 3 is 2.71 bits per heavy atom. The predicted molar refractivity (Wildman–Crippen MR) is 86.0 cm³/mol. The van der Waals surface area contributed by atoms with Gasteiger partial charge < -0.3 is 5.32 Å². The van der Waals surface area contributed by atoms with Gasteiger partial charge in [-0.1, -0.05) is 47.7 Å². The van der Waals surface area contributed by atoms with E-state index in [1.807, 2.05) is 24.3 Å². The highest BCUT2D eigenvalue weighted by molar-refractivity contribution is 7.99. The first-order valence-electron chi connectivity index (χ1n) is 6.71. The second-order valence-electron chi connectivity index (χ2n) is 4.96. The van der Waals surface area contributed by atoms with Gasteiger partial charge in [0.05, 0.1) is 17.4 Å². The zero-order valence-corrected chi connectivity index (χ0v) is 12.6. The Kier molecular flexibility index (Phi) is 3.20. The lowest BCUT2D eigenvalue weighted by molar-refractivity contribution is 0.782. The van der Waals surface area contributed by atoms with Crippen molar-refractivity contribution in [2.75, 3.05) is 5.32 Å². The number of hydrogen-bond donors (Lipinski definition) is 1. The molecule has 2 aromatic rings. The summed E-state index contributed by atoms with van der Waals surface area (Å²) in [4.78, 5) is 10.0. The van der Waals surface area contributed by atoms with Crippen LogP contribution in [-0.4, -0.2) is 16.0 Å². The van der Waals surface area contributed by atoms with E-state index in [0.717, 1.165) is 26.3 Å². The van der Waals surface area contributed by atoms with E-state index in [4.69, 9.17) is 11.6 Å². The molecule has 1 aliphatic heterocycles. The Morgan fingerprint density at radius 2 is 1.86 bits per heavy atom. The fraction of sp³-hybridized carbons (Fsp3) is 0.125. The average Bonchev–Trinajstić information content (AvgIpc) is 2.89. The summed E-state index contributed by atoms with van der Waals surface area (Å²) in [6.45, 7) is 0. The fourth-order valence-corrected chi connectivity index (χ4v) is 3.62. The Morgan fingerprint density at radius 1 is 1.05 bits per heavy atom. The number of nitrogens with zero attached hydrogens (tertiary/aromatic N) is 2. The number of halogens is 1. The molecule has 0 saturated carbocycles. The van der Waals surface area contributed by atoms with Crippen molar-refractivity contribution in [3.8, 4) is 0 Å². The van der Waals surface area contributed by atoms with Gasteiger partial charge in [0.2, 0.25) is 0 Å². The van der Waals surface area contributed by atoms with Crippen molar-refractivity contribution in [3.63, 3.8) is 0 Å². The molecule has 0 bridgehead atoms. The molecule has 2 heterocycles. The van der Waals surface area contributed by atoms with Crippen molar-refractivity contribution >= 4 is 29.1 Å².